The molecule has 1 fully saturated rings. The maximum atomic E-state index is 13.6. The molecule has 2 rings (SSSR count). The van der Waals surface area contributed by atoms with Crippen LogP contribution in [0, 0.1) is 11.7 Å². The molecule has 1 aromatic rings. The molecule has 0 radical (unpaired) electrons. The van der Waals surface area contributed by atoms with Crippen LogP contribution >= 0.6 is 0 Å². The van der Waals surface area contributed by atoms with Crippen molar-refractivity contribution >= 4 is 11.9 Å². The van der Waals surface area contributed by atoms with Crippen LogP contribution in [0.25, 0.3) is 0 Å². The van der Waals surface area contributed by atoms with Crippen molar-refractivity contribution in [2.24, 2.45) is 5.92 Å². The molecule has 1 aromatic carbocycles. The highest BCUT2D eigenvalue weighted by molar-refractivity contribution is 5.81. The van der Waals surface area contributed by atoms with Gasteiger partial charge >= 0.3 is 5.97 Å². The summed E-state index contributed by atoms with van der Waals surface area (Å²) in [6.07, 6.45) is 1.70. The number of piperidine rings is 1. The number of hydrogen-bond acceptors (Lipinski definition) is 3. The Hall–Kier alpha value is -2.11. The summed E-state index contributed by atoms with van der Waals surface area (Å²) >= 11 is 0. The summed E-state index contributed by atoms with van der Waals surface area (Å²) in [5.74, 6) is -1.24. The molecule has 1 aliphatic rings. The van der Waals surface area contributed by atoms with Gasteiger partial charge in [0.2, 0.25) is 0 Å². The molecule has 0 saturated carbocycles. The average molecular weight is 323 g/mol. The number of halogens is 1. The van der Waals surface area contributed by atoms with Crippen molar-refractivity contribution in [3.05, 3.63) is 30.1 Å². The van der Waals surface area contributed by atoms with E-state index in [4.69, 9.17) is 9.84 Å². The second-order valence-corrected chi connectivity index (χ2v) is 5.92. The summed E-state index contributed by atoms with van der Waals surface area (Å²) < 4.78 is 19.0. The molecule has 1 aliphatic heterocycles. The van der Waals surface area contributed by atoms with E-state index in [2.05, 4.69) is 0 Å². The molecule has 0 aromatic heterocycles. The number of aliphatic carboxylic acids is 1. The number of carboxylic acid groups (broad SMARTS) is 1. The number of amides is 1. The Labute approximate surface area is 135 Å². The number of rotatable bonds is 6. The first kappa shape index (κ1) is 17.2. The zero-order chi connectivity index (χ0) is 16.8. The van der Waals surface area contributed by atoms with Gasteiger partial charge in [-0.25, -0.2) is 4.39 Å². The first-order chi connectivity index (χ1) is 11.0. The van der Waals surface area contributed by atoms with Crippen molar-refractivity contribution < 1.29 is 23.8 Å². The van der Waals surface area contributed by atoms with E-state index >= 15 is 0 Å². The number of para-hydroxylation sites is 1. The third-order valence-corrected chi connectivity index (χ3v) is 4.09. The van der Waals surface area contributed by atoms with Crippen LogP contribution in [0.4, 0.5) is 4.39 Å². The Kier molecular flexibility index (Phi) is 5.96. The molecule has 0 aliphatic carbocycles. The molecule has 1 heterocycles. The van der Waals surface area contributed by atoms with Crippen molar-refractivity contribution in [3.8, 4) is 5.75 Å². The summed E-state index contributed by atoms with van der Waals surface area (Å²) in [6.45, 7) is 2.78. The largest absolute Gasteiger partial charge is 0.481 e. The van der Waals surface area contributed by atoms with E-state index in [0.29, 0.717) is 19.5 Å². The number of carboxylic acids is 1. The molecule has 1 amide bonds. The van der Waals surface area contributed by atoms with Gasteiger partial charge in [-0.2, -0.15) is 0 Å². The van der Waals surface area contributed by atoms with E-state index in [1.54, 1.807) is 24.0 Å². The maximum absolute atomic E-state index is 13.6. The minimum Gasteiger partial charge on any atom is -0.481 e. The average Bonchev–Trinajstić information content (AvgIpc) is 2.54. The SMILES string of the molecule is CC(Oc1ccccc1F)C(=O)N1CCCC(CCC(=O)O)C1. The molecular formula is C17H22FNO4. The molecule has 6 heteroatoms. The summed E-state index contributed by atoms with van der Waals surface area (Å²) in [5.41, 5.74) is 0. The number of carbonyl (C=O) groups is 2. The molecule has 0 spiro atoms. The van der Waals surface area contributed by atoms with Gasteiger partial charge in [0.15, 0.2) is 17.7 Å². The number of ether oxygens (including phenoxy) is 1. The van der Waals surface area contributed by atoms with Gasteiger partial charge in [-0.1, -0.05) is 12.1 Å². The van der Waals surface area contributed by atoms with Gasteiger partial charge in [-0.05, 0) is 44.2 Å². The molecule has 126 valence electrons. The van der Waals surface area contributed by atoms with E-state index in [-0.39, 0.29) is 24.0 Å². The Morgan fingerprint density at radius 2 is 2.17 bits per heavy atom. The zero-order valence-corrected chi connectivity index (χ0v) is 13.2. The third-order valence-electron chi connectivity index (χ3n) is 4.09. The summed E-state index contributed by atoms with van der Waals surface area (Å²) in [7, 11) is 0. The minimum absolute atomic E-state index is 0.0628. The zero-order valence-electron chi connectivity index (χ0n) is 13.2. The van der Waals surface area contributed by atoms with Crippen molar-refractivity contribution in [2.75, 3.05) is 13.1 Å². The first-order valence-corrected chi connectivity index (χ1v) is 7.89. The fraction of sp³-hybridized carbons (Fsp3) is 0.529. The Morgan fingerprint density at radius 1 is 1.43 bits per heavy atom. The van der Waals surface area contributed by atoms with Gasteiger partial charge < -0.3 is 14.7 Å². The topological polar surface area (TPSA) is 66.8 Å². The van der Waals surface area contributed by atoms with Crippen molar-refractivity contribution in [3.63, 3.8) is 0 Å². The van der Waals surface area contributed by atoms with E-state index in [0.717, 1.165) is 12.8 Å². The molecule has 0 bridgehead atoms. The lowest BCUT2D eigenvalue weighted by molar-refractivity contribution is -0.140. The summed E-state index contributed by atoms with van der Waals surface area (Å²) in [6, 6.07) is 5.99. The van der Waals surface area contributed by atoms with Gasteiger partial charge in [0.1, 0.15) is 0 Å². The Bertz CT molecular complexity index is 563. The molecule has 2 atom stereocenters. The van der Waals surface area contributed by atoms with Crippen LogP contribution < -0.4 is 4.74 Å². The molecule has 23 heavy (non-hydrogen) atoms. The summed E-state index contributed by atoms with van der Waals surface area (Å²) in [4.78, 5) is 24.8. The molecule has 1 N–H and O–H groups in total. The Morgan fingerprint density at radius 3 is 2.87 bits per heavy atom. The number of benzene rings is 1. The van der Waals surface area contributed by atoms with Crippen LogP contribution in [-0.4, -0.2) is 41.1 Å². The van der Waals surface area contributed by atoms with E-state index in [1.165, 1.54) is 12.1 Å². The van der Waals surface area contributed by atoms with Gasteiger partial charge in [-0.15, -0.1) is 0 Å². The van der Waals surface area contributed by atoms with Crippen molar-refractivity contribution in [1.82, 2.24) is 4.90 Å². The van der Waals surface area contributed by atoms with Crippen LogP contribution in [0.2, 0.25) is 0 Å². The lowest BCUT2D eigenvalue weighted by Crippen LogP contribution is -2.45. The normalized spacial score (nSPS) is 19.2. The van der Waals surface area contributed by atoms with E-state index < -0.39 is 17.9 Å². The lowest BCUT2D eigenvalue weighted by atomic mass is 9.93. The molecular weight excluding hydrogens is 301 g/mol. The quantitative estimate of drug-likeness (QED) is 0.874. The standard InChI is InChI=1S/C17H22FNO4/c1-12(23-15-7-3-2-6-14(15)18)17(22)19-10-4-5-13(11-19)8-9-16(20)21/h2-3,6-7,12-13H,4-5,8-11H2,1H3,(H,20,21). The van der Waals surface area contributed by atoms with Gasteiger partial charge in [-0.3, -0.25) is 9.59 Å². The van der Waals surface area contributed by atoms with Crippen LogP contribution in [0.5, 0.6) is 5.75 Å². The van der Waals surface area contributed by atoms with Crippen molar-refractivity contribution in [2.45, 2.75) is 38.7 Å². The smallest absolute Gasteiger partial charge is 0.303 e. The molecule has 1 saturated heterocycles. The van der Waals surface area contributed by atoms with Crippen molar-refractivity contribution in [1.29, 1.82) is 0 Å². The first-order valence-electron chi connectivity index (χ1n) is 7.89. The van der Waals surface area contributed by atoms with Crippen LogP contribution in [0.3, 0.4) is 0 Å². The predicted molar refractivity (Wildman–Crippen MR) is 82.7 cm³/mol. The minimum atomic E-state index is -0.815. The number of likely N-dealkylation sites (tertiary alicyclic amines) is 1. The highest BCUT2D eigenvalue weighted by Gasteiger charge is 2.28. The number of hydrogen-bond donors (Lipinski definition) is 1. The van der Waals surface area contributed by atoms with E-state index in [9.17, 15) is 14.0 Å². The van der Waals surface area contributed by atoms with Gasteiger partial charge in [0.05, 0.1) is 0 Å². The fourth-order valence-electron chi connectivity index (χ4n) is 2.87. The second kappa shape index (κ2) is 7.94. The van der Waals surface area contributed by atoms with E-state index in [1.807, 2.05) is 0 Å². The van der Waals surface area contributed by atoms with Crippen LogP contribution in [0.15, 0.2) is 24.3 Å². The van der Waals surface area contributed by atoms with Gasteiger partial charge in [0.25, 0.3) is 5.91 Å². The molecule has 5 nitrogen and oxygen atoms in total. The predicted octanol–water partition coefficient (Wildman–Crippen LogP) is 2.70. The maximum Gasteiger partial charge on any atom is 0.303 e. The number of nitrogens with zero attached hydrogens (tertiary/aromatic N) is 1. The van der Waals surface area contributed by atoms with Crippen LogP contribution in [0.1, 0.15) is 32.6 Å². The summed E-state index contributed by atoms with van der Waals surface area (Å²) in [5, 5.41) is 8.76. The third kappa shape index (κ3) is 4.94. The monoisotopic (exact) mass is 323 g/mol. The number of carbonyl (C=O) groups excluding carboxylic acids is 1. The fourth-order valence-corrected chi connectivity index (χ4v) is 2.87. The van der Waals surface area contributed by atoms with Gasteiger partial charge in [0, 0.05) is 19.5 Å². The molecule has 2 unspecified atom stereocenters. The lowest BCUT2D eigenvalue weighted by Gasteiger charge is -2.34. The van der Waals surface area contributed by atoms with Crippen LogP contribution in [-0.2, 0) is 9.59 Å². The second-order valence-electron chi connectivity index (χ2n) is 5.92. The highest BCUT2D eigenvalue weighted by Crippen LogP contribution is 2.23. The highest BCUT2D eigenvalue weighted by atomic mass is 19.1. The Balaban J connectivity index is 1.91.